The van der Waals surface area contributed by atoms with Crippen LogP contribution in [-0.4, -0.2) is 63.5 Å². The number of hydrazine groups is 1. The third-order valence-corrected chi connectivity index (χ3v) is 8.30. The highest BCUT2D eigenvalue weighted by Crippen LogP contribution is 2.47. The molecule has 1 N–H and O–H groups in total. The zero-order chi connectivity index (χ0) is 25.6. The molecule has 5 rings (SSSR count). The van der Waals surface area contributed by atoms with E-state index in [4.69, 9.17) is 16.3 Å². The molecular formula is C26H26ClN3O5S. The van der Waals surface area contributed by atoms with Gasteiger partial charge in [-0.3, -0.25) is 19.4 Å². The van der Waals surface area contributed by atoms with Gasteiger partial charge in [-0.05, 0) is 29.7 Å². The molecule has 3 aliphatic heterocycles. The lowest BCUT2D eigenvalue weighted by molar-refractivity contribution is -0.168. The van der Waals surface area contributed by atoms with Gasteiger partial charge in [0, 0.05) is 24.0 Å². The zero-order valence-electron chi connectivity index (χ0n) is 19.9. The number of amides is 1. The van der Waals surface area contributed by atoms with E-state index in [0.29, 0.717) is 5.02 Å². The van der Waals surface area contributed by atoms with Crippen LogP contribution in [-0.2, 0) is 24.9 Å². The monoisotopic (exact) mass is 527 g/mol. The van der Waals surface area contributed by atoms with E-state index in [-0.39, 0.29) is 44.0 Å². The van der Waals surface area contributed by atoms with Gasteiger partial charge in [0.15, 0.2) is 11.5 Å². The van der Waals surface area contributed by atoms with E-state index < -0.39 is 23.4 Å². The first-order valence-electron chi connectivity index (χ1n) is 11.7. The summed E-state index contributed by atoms with van der Waals surface area (Å²) in [7, 11) is 0. The van der Waals surface area contributed by atoms with Crippen LogP contribution in [0.5, 0.6) is 0 Å². The van der Waals surface area contributed by atoms with E-state index in [1.54, 1.807) is 16.8 Å². The number of rotatable bonds is 4. The number of Topliss-reactive ketones (excluding diaryl/α,β-unsaturated/α-hetero) is 1. The number of benzene rings is 2. The summed E-state index contributed by atoms with van der Waals surface area (Å²) >= 11 is 8.33. The number of esters is 1. The average Bonchev–Trinajstić information content (AvgIpc) is 3.01. The Labute approximate surface area is 218 Å². The Bertz CT molecular complexity index is 1280. The summed E-state index contributed by atoms with van der Waals surface area (Å²) in [6.45, 7) is 3.47. The number of thioether (sulfide) groups is 1. The molecule has 1 fully saturated rings. The fourth-order valence-electron chi connectivity index (χ4n) is 5.09. The summed E-state index contributed by atoms with van der Waals surface area (Å²) in [6, 6.07) is 13.2. The quantitative estimate of drug-likeness (QED) is 0.596. The van der Waals surface area contributed by atoms with Crippen LogP contribution in [0.4, 0.5) is 0 Å². The molecular weight excluding hydrogens is 502 g/mol. The molecule has 0 radical (unpaired) electrons. The smallest absolute Gasteiger partial charge is 0.302 e. The number of allylic oxidation sites excluding steroid dienone is 1. The number of aliphatic hydroxyl groups is 1. The van der Waals surface area contributed by atoms with E-state index in [9.17, 15) is 19.5 Å². The van der Waals surface area contributed by atoms with Crippen molar-refractivity contribution in [3.8, 4) is 0 Å². The van der Waals surface area contributed by atoms with E-state index in [0.717, 1.165) is 27.3 Å². The largest absolute Gasteiger partial charge is 0.503 e. The number of aliphatic hydroxyl groups excluding tert-OH is 1. The van der Waals surface area contributed by atoms with Crippen molar-refractivity contribution in [2.75, 3.05) is 19.8 Å². The maximum atomic E-state index is 13.5. The summed E-state index contributed by atoms with van der Waals surface area (Å²) in [5.41, 5.74) is 3.13. The second-order valence-electron chi connectivity index (χ2n) is 9.06. The highest BCUT2D eigenvalue weighted by molar-refractivity contribution is 7.98. The fraction of sp³-hybridized carbons (Fsp3) is 0.346. The van der Waals surface area contributed by atoms with Crippen LogP contribution < -0.4 is 0 Å². The Hall–Kier alpha value is -3.01. The van der Waals surface area contributed by atoms with Gasteiger partial charge < -0.3 is 14.7 Å². The normalized spacial score (nSPS) is 22.1. The number of ketones is 1. The van der Waals surface area contributed by atoms with Crippen molar-refractivity contribution in [3.63, 3.8) is 0 Å². The van der Waals surface area contributed by atoms with Gasteiger partial charge >= 0.3 is 5.97 Å². The van der Waals surface area contributed by atoms with Gasteiger partial charge in [0.2, 0.25) is 5.78 Å². The molecule has 1 amide bonds. The SMILES string of the molecule is CC(=O)OCCN1CN(C2c3ccccc3CSc3c(Cl)cccc32)N2C(=C(O)C(=O)CC2C)C1=O. The van der Waals surface area contributed by atoms with Gasteiger partial charge in [-0.25, -0.2) is 0 Å². The maximum Gasteiger partial charge on any atom is 0.302 e. The third kappa shape index (κ3) is 4.25. The van der Waals surface area contributed by atoms with Gasteiger partial charge in [0.25, 0.3) is 5.91 Å². The molecule has 8 nitrogen and oxygen atoms in total. The van der Waals surface area contributed by atoms with Gasteiger partial charge in [-0.2, -0.15) is 5.01 Å². The average molecular weight is 528 g/mol. The lowest BCUT2D eigenvalue weighted by Crippen LogP contribution is -2.63. The zero-order valence-corrected chi connectivity index (χ0v) is 21.5. The molecule has 0 aromatic heterocycles. The van der Waals surface area contributed by atoms with Crippen LogP contribution in [0.15, 0.2) is 58.8 Å². The molecule has 2 unspecified atom stereocenters. The summed E-state index contributed by atoms with van der Waals surface area (Å²) in [5, 5.41) is 15.2. The summed E-state index contributed by atoms with van der Waals surface area (Å²) < 4.78 is 5.10. The van der Waals surface area contributed by atoms with Gasteiger partial charge in [0.1, 0.15) is 6.61 Å². The Kier molecular flexibility index (Phi) is 6.72. The Morgan fingerprint density at radius 3 is 2.69 bits per heavy atom. The standard InChI is InChI=1S/C26H26ClN3O5S/c1-15-12-21(32)24(33)23-26(34)28(10-11-35-16(2)31)14-29(30(15)23)22-18-7-4-3-6-17(18)13-36-25-19(22)8-5-9-20(25)27/h3-9,15,22,33H,10-14H2,1-2H3. The summed E-state index contributed by atoms with van der Waals surface area (Å²) in [6.07, 6.45) is 0.0814. The van der Waals surface area contributed by atoms with Gasteiger partial charge in [-0.1, -0.05) is 48.0 Å². The van der Waals surface area contributed by atoms with Gasteiger partial charge in [0.05, 0.1) is 30.3 Å². The number of carbonyl (C=O) groups excluding carboxylic acids is 3. The first-order chi connectivity index (χ1) is 17.3. The van der Waals surface area contributed by atoms with Crippen molar-refractivity contribution in [2.24, 2.45) is 0 Å². The highest BCUT2D eigenvalue weighted by atomic mass is 35.5. The molecule has 2 aromatic rings. The summed E-state index contributed by atoms with van der Waals surface area (Å²) in [5.74, 6) is -1.20. The van der Waals surface area contributed by atoms with Crippen LogP contribution in [0.2, 0.25) is 5.02 Å². The molecule has 0 bridgehead atoms. The highest BCUT2D eigenvalue weighted by Gasteiger charge is 2.47. The van der Waals surface area contributed by atoms with Crippen molar-refractivity contribution in [2.45, 2.75) is 43.0 Å². The molecule has 3 heterocycles. The summed E-state index contributed by atoms with van der Waals surface area (Å²) in [4.78, 5) is 39.9. The molecule has 188 valence electrons. The number of fused-ring (bicyclic) bond motifs is 3. The van der Waals surface area contributed by atoms with E-state index in [1.807, 2.05) is 42.3 Å². The molecule has 3 aliphatic rings. The van der Waals surface area contributed by atoms with E-state index in [1.165, 1.54) is 11.8 Å². The van der Waals surface area contributed by atoms with Crippen molar-refractivity contribution >= 4 is 41.0 Å². The predicted octanol–water partition coefficient (Wildman–Crippen LogP) is 4.05. The molecule has 0 saturated carbocycles. The maximum absolute atomic E-state index is 13.5. The van der Waals surface area contributed by atoms with Crippen molar-refractivity contribution < 1.29 is 24.2 Å². The molecule has 0 aliphatic carbocycles. The minimum Gasteiger partial charge on any atom is -0.503 e. The molecule has 2 aromatic carbocycles. The molecule has 10 heteroatoms. The third-order valence-electron chi connectivity index (χ3n) is 6.68. The minimum atomic E-state index is -0.539. The Morgan fingerprint density at radius 2 is 1.92 bits per heavy atom. The fourth-order valence-corrected chi connectivity index (χ4v) is 6.55. The predicted molar refractivity (Wildman–Crippen MR) is 135 cm³/mol. The minimum absolute atomic E-state index is 0.00593. The van der Waals surface area contributed by atoms with Crippen LogP contribution in [0, 0.1) is 0 Å². The molecule has 0 spiro atoms. The van der Waals surface area contributed by atoms with Crippen molar-refractivity contribution in [1.29, 1.82) is 0 Å². The van der Waals surface area contributed by atoms with Crippen LogP contribution in [0.25, 0.3) is 0 Å². The number of hydrogen-bond donors (Lipinski definition) is 1. The Morgan fingerprint density at radius 1 is 1.17 bits per heavy atom. The second-order valence-corrected chi connectivity index (χ2v) is 10.4. The first-order valence-corrected chi connectivity index (χ1v) is 13.1. The first kappa shape index (κ1) is 24.7. The molecule has 36 heavy (non-hydrogen) atoms. The lowest BCUT2D eigenvalue weighted by Gasteiger charge is -2.52. The van der Waals surface area contributed by atoms with Crippen molar-refractivity contribution in [1.82, 2.24) is 14.9 Å². The number of halogens is 1. The number of carbonyl (C=O) groups is 3. The van der Waals surface area contributed by atoms with Crippen LogP contribution >= 0.6 is 23.4 Å². The number of nitrogens with zero attached hydrogens (tertiary/aromatic N) is 3. The van der Waals surface area contributed by atoms with E-state index in [2.05, 4.69) is 12.1 Å². The number of hydrogen-bond acceptors (Lipinski definition) is 8. The lowest BCUT2D eigenvalue weighted by atomic mass is 9.93. The van der Waals surface area contributed by atoms with Gasteiger partial charge in [-0.15, -0.1) is 11.8 Å². The second kappa shape index (κ2) is 9.80. The Balaban J connectivity index is 1.67. The topological polar surface area (TPSA) is 90.4 Å². The number of ether oxygens (including phenoxy) is 1. The van der Waals surface area contributed by atoms with Crippen molar-refractivity contribution in [3.05, 3.63) is 75.6 Å². The molecule has 1 saturated heterocycles. The van der Waals surface area contributed by atoms with E-state index >= 15 is 0 Å². The molecule has 2 atom stereocenters. The van der Waals surface area contributed by atoms with Crippen LogP contribution in [0.3, 0.4) is 0 Å². The van der Waals surface area contributed by atoms with Crippen LogP contribution in [0.1, 0.15) is 43.0 Å².